The Labute approximate surface area is 160 Å². The minimum absolute atomic E-state index is 0.0244. The van der Waals surface area contributed by atoms with Gasteiger partial charge in [-0.15, -0.1) is 0 Å². The van der Waals surface area contributed by atoms with Gasteiger partial charge in [-0.2, -0.15) is 4.98 Å². The van der Waals surface area contributed by atoms with Gasteiger partial charge >= 0.3 is 0 Å². The molecular formula is C20H31N3O4. The molecule has 0 spiro atoms. The van der Waals surface area contributed by atoms with Gasteiger partial charge < -0.3 is 19.0 Å². The Hall–Kier alpha value is -2.15. The molecule has 2 rings (SSSR count). The number of furan rings is 1. The second-order valence-electron chi connectivity index (χ2n) is 6.57. The quantitative estimate of drug-likeness (QED) is 0.469. The first-order valence-electron chi connectivity index (χ1n) is 10.0. The van der Waals surface area contributed by atoms with Crippen LogP contribution in [0.2, 0.25) is 0 Å². The number of rotatable bonds is 15. The molecule has 0 bridgehead atoms. The van der Waals surface area contributed by atoms with Gasteiger partial charge in [-0.05, 0) is 25.0 Å². The lowest BCUT2D eigenvalue weighted by Crippen LogP contribution is -2.25. The van der Waals surface area contributed by atoms with E-state index in [1.54, 1.807) is 18.4 Å². The molecule has 0 radical (unpaired) electrons. The number of hydrogen-bond donors (Lipinski definition) is 1. The first-order chi connectivity index (χ1) is 13.3. The Bertz CT molecular complexity index is 625. The van der Waals surface area contributed by atoms with E-state index in [0.29, 0.717) is 43.5 Å². The summed E-state index contributed by atoms with van der Waals surface area (Å²) < 4.78 is 15.9. The summed E-state index contributed by atoms with van der Waals surface area (Å²) in [5.74, 6) is 1.36. The predicted octanol–water partition coefficient (Wildman–Crippen LogP) is 4.15. The molecule has 0 aliphatic heterocycles. The number of unbranched alkanes of at least 4 members (excludes halogenated alkanes) is 5. The molecular weight excluding hydrogens is 346 g/mol. The third-order valence-electron chi connectivity index (χ3n) is 4.21. The first-order valence-corrected chi connectivity index (χ1v) is 10.0. The molecule has 1 N–H and O–H groups in total. The normalized spacial score (nSPS) is 11.0. The fourth-order valence-electron chi connectivity index (χ4n) is 2.66. The molecule has 0 atom stereocenters. The zero-order chi connectivity index (χ0) is 19.2. The van der Waals surface area contributed by atoms with Crippen LogP contribution in [-0.4, -0.2) is 35.8 Å². The van der Waals surface area contributed by atoms with Crippen molar-refractivity contribution in [3.63, 3.8) is 0 Å². The van der Waals surface area contributed by atoms with E-state index in [-0.39, 0.29) is 5.91 Å². The van der Waals surface area contributed by atoms with Crippen molar-refractivity contribution < 1.29 is 18.5 Å². The maximum Gasteiger partial charge on any atom is 0.238 e. The first kappa shape index (κ1) is 21.2. The van der Waals surface area contributed by atoms with Crippen molar-refractivity contribution in [2.75, 3.05) is 19.8 Å². The van der Waals surface area contributed by atoms with E-state index in [4.69, 9.17) is 13.7 Å². The Morgan fingerprint density at radius 3 is 2.78 bits per heavy atom. The van der Waals surface area contributed by atoms with Crippen LogP contribution in [0.3, 0.4) is 0 Å². The summed E-state index contributed by atoms with van der Waals surface area (Å²) in [5, 5.41) is 6.73. The van der Waals surface area contributed by atoms with Gasteiger partial charge in [-0.1, -0.05) is 44.2 Å². The lowest BCUT2D eigenvalue weighted by Gasteiger charge is -2.06. The van der Waals surface area contributed by atoms with Crippen LogP contribution in [0.5, 0.6) is 0 Å². The molecule has 0 saturated heterocycles. The van der Waals surface area contributed by atoms with E-state index in [2.05, 4.69) is 22.4 Å². The third-order valence-corrected chi connectivity index (χ3v) is 4.21. The van der Waals surface area contributed by atoms with Crippen molar-refractivity contribution in [1.29, 1.82) is 0 Å². The van der Waals surface area contributed by atoms with Gasteiger partial charge in [-0.25, -0.2) is 0 Å². The fourth-order valence-corrected chi connectivity index (χ4v) is 2.66. The number of carbonyl (C=O) groups excluding carboxylic acids is 1. The Kier molecular flexibility index (Phi) is 10.3. The molecule has 7 heteroatoms. The molecule has 0 aliphatic rings. The second kappa shape index (κ2) is 13.1. The van der Waals surface area contributed by atoms with Gasteiger partial charge in [0.2, 0.25) is 17.6 Å². The predicted molar refractivity (Wildman–Crippen MR) is 102 cm³/mol. The topological polar surface area (TPSA) is 90.4 Å². The molecule has 0 unspecified atom stereocenters. The molecule has 150 valence electrons. The van der Waals surface area contributed by atoms with Crippen LogP contribution in [-0.2, 0) is 16.0 Å². The maximum absolute atomic E-state index is 11.9. The Morgan fingerprint density at radius 1 is 1.15 bits per heavy atom. The largest absolute Gasteiger partial charge is 0.461 e. The highest BCUT2D eigenvalue weighted by atomic mass is 16.5. The molecule has 0 fully saturated rings. The van der Waals surface area contributed by atoms with Crippen molar-refractivity contribution in [3.05, 3.63) is 24.3 Å². The average Bonchev–Trinajstić information content (AvgIpc) is 3.36. The Balaban J connectivity index is 1.44. The van der Waals surface area contributed by atoms with Crippen LogP contribution in [0.15, 0.2) is 27.3 Å². The number of hydrogen-bond acceptors (Lipinski definition) is 6. The number of amides is 1. The van der Waals surface area contributed by atoms with Crippen LogP contribution < -0.4 is 5.32 Å². The highest BCUT2D eigenvalue weighted by Gasteiger charge is 2.12. The monoisotopic (exact) mass is 377 g/mol. The molecule has 0 aliphatic carbocycles. The third kappa shape index (κ3) is 8.86. The van der Waals surface area contributed by atoms with Gasteiger partial charge in [0.05, 0.1) is 6.26 Å². The van der Waals surface area contributed by atoms with E-state index in [1.807, 2.05) is 0 Å². The van der Waals surface area contributed by atoms with Crippen LogP contribution in [0.25, 0.3) is 11.6 Å². The summed E-state index contributed by atoms with van der Waals surface area (Å²) >= 11 is 0. The number of nitrogens with one attached hydrogen (secondary N) is 1. The Morgan fingerprint density at radius 2 is 1.96 bits per heavy atom. The fraction of sp³-hybridized carbons (Fsp3) is 0.650. The van der Waals surface area contributed by atoms with Gasteiger partial charge in [-0.3, -0.25) is 4.79 Å². The highest BCUT2D eigenvalue weighted by molar-refractivity contribution is 5.75. The number of carbonyl (C=O) groups is 1. The molecule has 0 saturated carbocycles. The van der Waals surface area contributed by atoms with Crippen LogP contribution >= 0.6 is 0 Å². The molecule has 2 aromatic heterocycles. The molecule has 2 aromatic rings. The van der Waals surface area contributed by atoms with E-state index < -0.39 is 0 Å². The smallest absolute Gasteiger partial charge is 0.238 e. The summed E-state index contributed by atoms with van der Waals surface area (Å²) in [6.07, 6.45) is 10.7. The minimum Gasteiger partial charge on any atom is -0.461 e. The zero-order valence-corrected chi connectivity index (χ0v) is 16.2. The van der Waals surface area contributed by atoms with Crippen molar-refractivity contribution in [3.8, 4) is 11.6 Å². The second-order valence-corrected chi connectivity index (χ2v) is 6.57. The van der Waals surface area contributed by atoms with Crippen molar-refractivity contribution in [2.45, 2.75) is 64.7 Å². The lowest BCUT2D eigenvalue weighted by molar-refractivity contribution is -0.121. The van der Waals surface area contributed by atoms with E-state index in [1.165, 1.54) is 32.1 Å². The van der Waals surface area contributed by atoms with E-state index >= 15 is 0 Å². The van der Waals surface area contributed by atoms with Crippen molar-refractivity contribution in [2.24, 2.45) is 0 Å². The van der Waals surface area contributed by atoms with Gasteiger partial charge in [0.1, 0.15) is 0 Å². The van der Waals surface area contributed by atoms with Crippen LogP contribution in [0, 0.1) is 0 Å². The molecule has 2 heterocycles. The zero-order valence-electron chi connectivity index (χ0n) is 16.2. The summed E-state index contributed by atoms with van der Waals surface area (Å²) in [5.41, 5.74) is 0. The average molecular weight is 377 g/mol. The van der Waals surface area contributed by atoms with Gasteiger partial charge in [0, 0.05) is 32.6 Å². The number of nitrogens with zero attached hydrogens (tertiary/aromatic N) is 2. The van der Waals surface area contributed by atoms with E-state index in [0.717, 1.165) is 19.4 Å². The summed E-state index contributed by atoms with van der Waals surface area (Å²) in [6, 6.07) is 3.52. The standard InChI is InChI=1S/C20H31N3O4/c1-2-3-4-5-6-7-14-25-15-9-13-21-18(24)11-12-19-22-20(23-27-19)17-10-8-16-26-17/h8,10,16H,2-7,9,11-15H2,1H3,(H,21,24). The van der Waals surface area contributed by atoms with Crippen LogP contribution in [0.4, 0.5) is 0 Å². The van der Waals surface area contributed by atoms with Crippen LogP contribution in [0.1, 0.15) is 64.2 Å². The number of aryl methyl sites for hydroxylation is 1. The molecule has 0 aromatic carbocycles. The molecule has 1 amide bonds. The summed E-state index contributed by atoms with van der Waals surface area (Å²) in [7, 11) is 0. The maximum atomic E-state index is 11.9. The molecule has 7 nitrogen and oxygen atoms in total. The lowest BCUT2D eigenvalue weighted by atomic mass is 10.1. The number of aromatic nitrogens is 2. The van der Waals surface area contributed by atoms with Crippen molar-refractivity contribution >= 4 is 5.91 Å². The molecule has 27 heavy (non-hydrogen) atoms. The minimum atomic E-state index is -0.0244. The SMILES string of the molecule is CCCCCCCCOCCCNC(=O)CCc1nc(-c2ccco2)no1. The summed E-state index contributed by atoms with van der Waals surface area (Å²) in [4.78, 5) is 16.1. The highest BCUT2D eigenvalue weighted by Crippen LogP contribution is 2.16. The van der Waals surface area contributed by atoms with Gasteiger partial charge in [0.25, 0.3) is 0 Å². The summed E-state index contributed by atoms with van der Waals surface area (Å²) in [6.45, 7) is 4.35. The van der Waals surface area contributed by atoms with E-state index in [9.17, 15) is 4.79 Å². The number of ether oxygens (including phenoxy) is 1. The van der Waals surface area contributed by atoms with Gasteiger partial charge in [0.15, 0.2) is 5.76 Å². The van der Waals surface area contributed by atoms with Crippen molar-refractivity contribution in [1.82, 2.24) is 15.5 Å².